The molecule has 2 heteroatoms. The largest absolute Gasteiger partial charge is 0.377 e. The lowest BCUT2D eigenvalue weighted by Gasteiger charge is -2.23. The molecule has 1 atom stereocenters. The molecule has 1 aromatic carbocycles. The van der Waals surface area contributed by atoms with Gasteiger partial charge in [-0.3, -0.25) is 0 Å². The molecule has 1 heterocycles. The Morgan fingerprint density at radius 3 is 2.61 bits per heavy atom. The highest BCUT2D eigenvalue weighted by molar-refractivity contribution is 5.36. The Balaban J connectivity index is 1.84. The first-order chi connectivity index (χ1) is 8.66. The molecule has 0 spiro atoms. The van der Waals surface area contributed by atoms with Crippen LogP contribution in [0.15, 0.2) is 12.1 Å². The standard InChI is InChI=1S/C16H25NO/c1-12-8-14(3)15(9-13(12)2)10-17-11-16-6-4-5-7-18-16/h8-9,16-17H,4-7,10-11H2,1-3H3. The van der Waals surface area contributed by atoms with Crippen LogP contribution in [-0.2, 0) is 11.3 Å². The lowest BCUT2D eigenvalue weighted by Crippen LogP contribution is -2.31. The molecule has 1 saturated heterocycles. The molecule has 1 unspecified atom stereocenters. The molecule has 2 nitrogen and oxygen atoms in total. The number of aryl methyl sites for hydroxylation is 3. The highest BCUT2D eigenvalue weighted by Crippen LogP contribution is 2.16. The van der Waals surface area contributed by atoms with Crippen molar-refractivity contribution in [1.29, 1.82) is 0 Å². The average molecular weight is 247 g/mol. The van der Waals surface area contributed by atoms with Crippen molar-refractivity contribution in [2.24, 2.45) is 0 Å². The summed E-state index contributed by atoms with van der Waals surface area (Å²) < 4.78 is 5.73. The van der Waals surface area contributed by atoms with Crippen LogP contribution in [0.5, 0.6) is 0 Å². The van der Waals surface area contributed by atoms with E-state index in [9.17, 15) is 0 Å². The highest BCUT2D eigenvalue weighted by atomic mass is 16.5. The van der Waals surface area contributed by atoms with Crippen LogP contribution in [0.3, 0.4) is 0 Å². The summed E-state index contributed by atoms with van der Waals surface area (Å²) in [5, 5.41) is 3.53. The van der Waals surface area contributed by atoms with E-state index in [0.29, 0.717) is 6.10 Å². The molecule has 1 aliphatic rings. The maximum absolute atomic E-state index is 5.73. The van der Waals surface area contributed by atoms with Crippen molar-refractivity contribution in [1.82, 2.24) is 5.32 Å². The number of ether oxygens (including phenoxy) is 1. The zero-order valence-corrected chi connectivity index (χ0v) is 11.9. The van der Waals surface area contributed by atoms with E-state index in [1.165, 1.54) is 41.5 Å². The van der Waals surface area contributed by atoms with Gasteiger partial charge < -0.3 is 10.1 Å². The van der Waals surface area contributed by atoms with Crippen LogP contribution in [0.4, 0.5) is 0 Å². The van der Waals surface area contributed by atoms with E-state index in [0.717, 1.165) is 19.7 Å². The van der Waals surface area contributed by atoms with E-state index < -0.39 is 0 Å². The highest BCUT2D eigenvalue weighted by Gasteiger charge is 2.13. The van der Waals surface area contributed by atoms with Crippen molar-refractivity contribution in [3.8, 4) is 0 Å². The monoisotopic (exact) mass is 247 g/mol. The van der Waals surface area contributed by atoms with Crippen LogP contribution >= 0.6 is 0 Å². The van der Waals surface area contributed by atoms with Crippen molar-refractivity contribution in [3.63, 3.8) is 0 Å². The SMILES string of the molecule is Cc1cc(C)c(CNCC2CCCCO2)cc1C. The molecule has 100 valence electrons. The third-order valence-corrected chi connectivity index (χ3v) is 3.91. The normalized spacial score (nSPS) is 20.1. The number of hydrogen-bond acceptors (Lipinski definition) is 2. The Kier molecular flexibility index (Phi) is 4.79. The summed E-state index contributed by atoms with van der Waals surface area (Å²) in [6.45, 7) is 9.42. The smallest absolute Gasteiger partial charge is 0.0699 e. The minimum Gasteiger partial charge on any atom is -0.377 e. The lowest BCUT2D eigenvalue weighted by molar-refractivity contribution is 0.0168. The molecular weight excluding hydrogens is 222 g/mol. The first-order valence-corrected chi connectivity index (χ1v) is 7.06. The minimum absolute atomic E-state index is 0.422. The van der Waals surface area contributed by atoms with Crippen LogP contribution in [0.1, 0.15) is 41.5 Å². The van der Waals surface area contributed by atoms with Gasteiger partial charge in [0, 0.05) is 19.7 Å². The van der Waals surface area contributed by atoms with Crippen molar-refractivity contribution in [3.05, 3.63) is 34.4 Å². The lowest BCUT2D eigenvalue weighted by atomic mass is 10.0. The van der Waals surface area contributed by atoms with Gasteiger partial charge in [-0.15, -0.1) is 0 Å². The molecule has 1 N–H and O–H groups in total. The summed E-state index contributed by atoms with van der Waals surface area (Å²) in [5.74, 6) is 0. The van der Waals surface area contributed by atoms with Crippen LogP contribution in [0, 0.1) is 20.8 Å². The molecule has 1 aliphatic heterocycles. The predicted molar refractivity (Wildman–Crippen MR) is 76.0 cm³/mol. The predicted octanol–water partition coefficient (Wildman–Crippen LogP) is 3.27. The summed E-state index contributed by atoms with van der Waals surface area (Å²) >= 11 is 0. The minimum atomic E-state index is 0.422. The van der Waals surface area contributed by atoms with Crippen LogP contribution in [0.25, 0.3) is 0 Å². The van der Waals surface area contributed by atoms with Gasteiger partial charge in [-0.1, -0.05) is 12.1 Å². The Morgan fingerprint density at radius 1 is 1.11 bits per heavy atom. The summed E-state index contributed by atoms with van der Waals surface area (Å²) in [6, 6.07) is 4.59. The second kappa shape index (κ2) is 6.35. The quantitative estimate of drug-likeness (QED) is 0.881. The third kappa shape index (κ3) is 3.56. The van der Waals surface area contributed by atoms with Gasteiger partial charge in [0.15, 0.2) is 0 Å². The molecule has 0 amide bonds. The molecule has 1 fully saturated rings. The molecule has 0 saturated carbocycles. The number of nitrogens with one attached hydrogen (secondary N) is 1. The van der Waals surface area contributed by atoms with Crippen LogP contribution in [0.2, 0.25) is 0 Å². The number of benzene rings is 1. The first-order valence-electron chi connectivity index (χ1n) is 7.06. The molecule has 1 aromatic rings. The molecule has 18 heavy (non-hydrogen) atoms. The van der Waals surface area contributed by atoms with Crippen molar-refractivity contribution in [2.75, 3.05) is 13.2 Å². The number of hydrogen-bond donors (Lipinski definition) is 1. The Bertz CT molecular complexity index is 394. The summed E-state index contributed by atoms with van der Waals surface area (Å²) in [4.78, 5) is 0. The molecule has 0 aromatic heterocycles. The van der Waals surface area contributed by atoms with E-state index in [1.807, 2.05) is 0 Å². The summed E-state index contributed by atoms with van der Waals surface area (Å²) in [6.07, 6.45) is 4.17. The van der Waals surface area contributed by atoms with Crippen LogP contribution in [-0.4, -0.2) is 19.3 Å². The van der Waals surface area contributed by atoms with E-state index in [1.54, 1.807) is 0 Å². The van der Waals surface area contributed by atoms with Crippen LogP contribution < -0.4 is 5.32 Å². The van der Waals surface area contributed by atoms with Gasteiger partial charge in [-0.2, -0.15) is 0 Å². The fourth-order valence-corrected chi connectivity index (χ4v) is 2.55. The molecule has 2 rings (SSSR count). The topological polar surface area (TPSA) is 21.3 Å². The second-order valence-corrected chi connectivity index (χ2v) is 5.48. The second-order valence-electron chi connectivity index (χ2n) is 5.48. The Hall–Kier alpha value is -0.860. The van der Waals surface area contributed by atoms with Crippen molar-refractivity contribution < 1.29 is 4.74 Å². The van der Waals surface area contributed by atoms with Gasteiger partial charge in [0.05, 0.1) is 6.10 Å². The van der Waals surface area contributed by atoms with Gasteiger partial charge in [-0.05, 0) is 62.3 Å². The zero-order chi connectivity index (χ0) is 13.0. The number of rotatable bonds is 4. The zero-order valence-electron chi connectivity index (χ0n) is 11.9. The Labute approximate surface area is 111 Å². The Morgan fingerprint density at radius 2 is 1.89 bits per heavy atom. The summed E-state index contributed by atoms with van der Waals surface area (Å²) in [5.41, 5.74) is 5.56. The first kappa shape index (κ1) is 13.6. The average Bonchev–Trinajstić information content (AvgIpc) is 2.37. The van der Waals surface area contributed by atoms with E-state index >= 15 is 0 Å². The fraction of sp³-hybridized carbons (Fsp3) is 0.625. The summed E-state index contributed by atoms with van der Waals surface area (Å²) in [7, 11) is 0. The van der Waals surface area contributed by atoms with Crippen molar-refractivity contribution >= 4 is 0 Å². The van der Waals surface area contributed by atoms with Gasteiger partial charge >= 0.3 is 0 Å². The van der Waals surface area contributed by atoms with E-state index in [2.05, 4.69) is 38.2 Å². The van der Waals surface area contributed by atoms with Gasteiger partial charge in [-0.25, -0.2) is 0 Å². The van der Waals surface area contributed by atoms with Crippen molar-refractivity contribution in [2.45, 2.75) is 52.7 Å². The van der Waals surface area contributed by atoms with E-state index in [-0.39, 0.29) is 0 Å². The van der Waals surface area contributed by atoms with Gasteiger partial charge in [0.2, 0.25) is 0 Å². The fourth-order valence-electron chi connectivity index (χ4n) is 2.55. The van der Waals surface area contributed by atoms with Gasteiger partial charge in [0.25, 0.3) is 0 Å². The van der Waals surface area contributed by atoms with E-state index in [4.69, 9.17) is 4.74 Å². The maximum Gasteiger partial charge on any atom is 0.0699 e. The van der Waals surface area contributed by atoms with Gasteiger partial charge in [0.1, 0.15) is 0 Å². The molecular formula is C16H25NO. The maximum atomic E-state index is 5.73. The molecule has 0 radical (unpaired) electrons. The molecule has 0 bridgehead atoms. The third-order valence-electron chi connectivity index (χ3n) is 3.91. The molecule has 0 aliphatic carbocycles.